The fourth-order valence-corrected chi connectivity index (χ4v) is 3.20. The van der Waals surface area contributed by atoms with Crippen LogP contribution in [0.3, 0.4) is 0 Å². The third-order valence-electron chi connectivity index (χ3n) is 4.76. The Morgan fingerprint density at radius 1 is 0.966 bits per heavy atom. The summed E-state index contributed by atoms with van der Waals surface area (Å²) in [6.45, 7) is 0.514. The molecule has 0 heterocycles. The molecule has 0 radical (unpaired) electrons. The average Bonchev–Trinajstić information content (AvgIpc) is 2.72. The van der Waals surface area contributed by atoms with Crippen LogP contribution < -0.4 is 14.7 Å². The smallest absolute Gasteiger partial charge is 0.129 e. The molecular weight excluding hydrogens is 369 g/mol. The molecule has 3 aromatic rings. The average molecular weight is 393 g/mol. The number of carbonyl (C=O) groups excluding carboxylic acids is 1. The van der Waals surface area contributed by atoms with Gasteiger partial charge in [-0.15, -0.1) is 0 Å². The molecule has 3 aromatic carbocycles. The number of aliphatic carboxylic acids is 1. The Hall–Kier alpha value is -3.18. The second-order valence-electron chi connectivity index (χ2n) is 7.09. The summed E-state index contributed by atoms with van der Waals surface area (Å²) in [5.41, 5.74) is 3.07. The fraction of sp³-hybridized carbons (Fsp3) is 0.208. The lowest BCUT2D eigenvalue weighted by Gasteiger charge is -2.22. The van der Waals surface area contributed by atoms with E-state index in [2.05, 4.69) is 0 Å². The molecule has 150 valence electrons. The number of hydrogen-bond acceptors (Lipinski definition) is 3. The maximum absolute atomic E-state index is 13.3. The van der Waals surface area contributed by atoms with Gasteiger partial charge in [0.1, 0.15) is 24.2 Å². The van der Waals surface area contributed by atoms with Crippen LogP contribution in [-0.2, 0) is 4.79 Å². The standard InChI is InChI=1S/C24H24FNO3/c1-26(17-24(27)28)16-15-23(20-7-11-21(25)12-8-20)29-22-13-9-19(10-14-22)18-5-3-2-4-6-18/h2-14,23H,15-17H2,1H3,(H,27,28)/t23-/m0/s1. The molecule has 0 bridgehead atoms. The highest BCUT2D eigenvalue weighted by Crippen LogP contribution is 2.27. The van der Waals surface area contributed by atoms with Gasteiger partial charge in [0.05, 0.1) is 19.6 Å². The van der Waals surface area contributed by atoms with Crippen LogP contribution in [0.15, 0.2) is 78.9 Å². The van der Waals surface area contributed by atoms with E-state index in [0.29, 0.717) is 18.7 Å². The highest BCUT2D eigenvalue weighted by Gasteiger charge is 2.17. The predicted octanol–water partition coefficient (Wildman–Crippen LogP) is 2.27. The molecule has 0 saturated heterocycles. The summed E-state index contributed by atoms with van der Waals surface area (Å²) in [5.74, 6) is -0.686. The van der Waals surface area contributed by atoms with E-state index in [9.17, 15) is 14.3 Å². The molecule has 0 amide bonds. The first-order valence-corrected chi connectivity index (χ1v) is 9.60. The maximum Gasteiger partial charge on any atom is 0.129 e. The molecule has 0 aliphatic carbocycles. The van der Waals surface area contributed by atoms with Crippen molar-refractivity contribution in [2.24, 2.45) is 0 Å². The van der Waals surface area contributed by atoms with E-state index >= 15 is 0 Å². The van der Waals surface area contributed by atoms with Crippen LogP contribution in [0.5, 0.6) is 5.75 Å². The van der Waals surface area contributed by atoms with E-state index in [1.165, 1.54) is 12.1 Å². The highest BCUT2D eigenvalue weighted by molar-refractivity contribution is 5.65. The Morgan fingerprint density at radius 3 is 2.21 bits per heavy atom. The van der Waals surface area contributed by atoms with Crippen molar-refractivity contribution in [3.63, 3.8) is 0 Å². The van der Waals surface area contributed by atoms with Gasteiger partial charge in [-0.05, 0) is 41.0 Å². The van der Waals surface area contributed by atoms with Crippen LogP contribution >= 0.6 is 0 Å². The number of carboxylic acids is 1. The summed E-state index contributed by atoms with van der Waals surface area (Å²) in [5, 5.41) is 10.8. The largest absolute Gasteiger partial charge is 0.544 e. The van der Waals surface area contributed by atoms with E-state index < -0.39 is 5.97 Å². The summed E-state index contributed by atoms with van der Waals surface area (Å²) in [6.07, 6.45) is 0.278. The van der Waals surface area contributed by atoms with Crippen molar-refractivity contribution in [3.05, 3.63) is 90.2 Å². The van der Waals surface area contributed by atoms with Crippen LogP contribution in [0.1, 0.15) is 18.1 Å². The Morgan fingerprint density at radius 2 is 1.59 bits per heavy atom. The van der Waals surface area contributed by atoms with Crippen molar-refractivity contribution < 1.29 is 23.9 Å². The van der Waals surface area contributed by atoms with Crippen molar-refractivity contribution in [3.8, 4) is 16.9 Å². The first-order valence-electron chi connectivity index (χ1n) is 9.60. The van der Waals surface area contributed by atoms with E-state index in [0.717, 1.165) is 21.6 Å². The molecule has 3 rings (SSSR count). The summed E-state index contributed by atoms with van der Waals surface area (Å²) in [7, 11) is 1.80. The van der Waals surface area contributed by atoms with Gasteiger partial charge in [-0.3, -0.25) is 0 Å². The number of ether oxygens (including phenoxy) is 1. The first kappa shape index (κ1) is 20.6. The van der Waals surface area contributed by atoms with Crippen LogP contribution in [0.2, 0.25) is 0 Å². The molecule has 29 heavy (non-hydrogen) atoms. The Balaban J connectivity index is 1.73. The maximum atomic E-state index is 13.3. The number of nitrogens with one attached hydrogen (secondary N) is 1. The molecule has 0 saturated carbocycles. The van der Waals surface area contributed by atoms with Crippen LogP contribution in [0.4, 0.5) is 4.39 Å². The molecule has 0 aromatic heterocycles. The van der Waals surface area contributed by atoms with Gasteiger partial charge in [-0.1, -0.05) is 54.6 Å². The van der Waals surface area contributed by atoms with Gasteiger partial charge >= 0.3 is 0 Å². The van der Waals surface area contributed by atoms with Crippen molar-refractivity contribution in [2.75, 3.05) is 20.1 Å². The number of quaternary nitrogens is 1. The fourth-order valence-electron chi connectivity index (χ4n) is 3.20. The van der Waals surface area contributed by atoms with Gasteiger partial charge < -0.3 is 19.5 Å². The Labute approximate surface area is 170 Å². The van der Waals surface area contributed by atoms with Gasteiger partial charge in [0.15, 0.2) is 0 Å². The summed E-state index contributed by atoms with van der Waals surface area (Å²) < 4.78 is 19.5. The lowest BCUT2D eigenvalue weighted by Crippen LogP contribution is -3.10. The number of hydrogen-bond donors (Lipinski definition) is 1. The van der Waals surface area contributed by atoms with Gasteiger partial charge in [0, 0.05) is 6.42 Å². The minimum absolute atomic E-state index is 0.0675. The summed E-state index contributed by atoms with van der Waals surface area (Å²) in [4.78, 5) is 11.6. The zero-order chi connectivity index (χ0) is 20.6. The number of carboxylic acid groups (broad SMARTS) is 1. The molecule has 1 N–H and O–H groups in total. The molecule has 1 unspecified atom stereocenters. The minimum atomic E-state index is -1.08. The van der Waals surface area contributed by atoms with E-state index in [-0.39, 0.29) is 18.5 Å². The van der Waals surface area contributed by atoms with Gasteiger partial charge in [-0.2, -0.15) is 0 Å². The van der Waals surface area contributed by atoms with Crippen molar-refractivity contribution >= 4 is 5.97 Å². The van der Waals surface area contributed by atoms with Crippen molar-refractivity contribution in [2.45, 2.75) is 12.5 Å². The number of benzene rings is 3. The quantitative estimate of drug-likeness (QED) is 0.607. The van der Waals surface area contributed by atoms with E-state index in [1.54, 1.807) is 19.2 Å². The molecule has 0 fully saturated rings. The molecule has 5 heteroatoms. The molecule has 0 aliphatic rings. The number of halogens is 1. The van der Waals surface area contributed by atoms with Gasteiger partial charge in [-0.25, -0.2) is 4.39 Å². The normalized spacial score (nSPS) is 12.9. The van der Waals surface area contributed by atoms with Crippen LogP contribution in [0.25, 0.3) is 11.1 Å². The van der Waals surface area contributed by atoms with Crippen molar-refractivity contribution in [1.29, 1.82) is 0 Å². The van der Waals surface area contributed by atoms with Crippen LogP contribution in [0, 0.1) is 5.82 Å². The third kappa shape index (κ3) is 6.16. The second-order valence-corrected chi connectivity index (χ2v) is 7.09. The van der Waals surface area contributed by atoms with Gasteiger partial charge in [0.25, 0.3) is 0 Å². The molecule has 0 spiro atoms. The molecule has 4 nitrogen and oxygen atoms in total. The molecular formula is C24H24FNO3. The zero-order valence-electron chi connectivity index (χ0n) is 16.3. The van der Waals surface area contributed by atoms with E-state index in [4.69, 9.17) is 4.74 Å². The summed E-state index contributed by atoms with van der Waals surface area (Å²) >= 11 is 0. The first-order chi connectivity index (χ1) is 14.0. The zero-order valence-corrected chi connectivity index (χ0v) is 16.3. The number of carbonyl (C=O) groups is 1. The predicted molar refractivity (Wildman–Crippen MR) is 108 cm³/mol. The van der Waals surface area contributed by atoms with Gasteiger partial charge in [0.2, 0.25) is 0 Å². The Kier molecular flexibility index (Phi) is 6.98. The SMILES string of the molecule is C[NH+](CC[C@H](Oc1ccc(-c2ccccc2)cc1)c1ccc(F)cc1)CC(=O)[O-]. The summed E-state index contributed by atoms with van der Waals surface area (Å²) in [6, 6.07) is 24.1. The number of likely N-dealkylation sites (N-methyl/N-ethyl adjacent to an activating group) is 1. The van der Waals surface area contributed by atoms with Crippen molar-refractivity contribution in [1.82, 2.24) is 0 Å². The topological polar surface area (TPSA) is 53.8 Å². The monoisotopic (exact) mass is 393 g/mol. The lowest BCUT2D eigenvalue weighted by molar-refractivity contribution is -0.874. The second kappa shape index (κ2) is 9.85. The van der Waals surface area contributed by atoms with Crippen LogP contribution in [-0.4, -0.2) is 26.1 Å². The number of rotatable bonds is 9. The molecule has 0 aliphatic heterocycles. The Bertz CT molecular complexity index is 911. The molecule has 2 atom stereocenters. The minimum Gasteiger partial charge on any atom is -0.544 e. The van der Waals surface area contributed by atoms with E-state index in [1.807, 2.05) is 54.6 Å². The third-order valence-corrected chi connectivity index (χ3v) is 4.76. The lowest BCUT2D eigenvalue weighted by atomic mass is 10.0. The highest BCUT2D eigenvalue weighted by atomic mass is 19.1.